The number of carbonyl (C=O) groups is 1. The van der Waals surface area contributed by atoms with Gasteiger partial charge in [-0.2, -0.15) is 0 Å². The molecule has 0 aliphatic rings. The second-order valence-corrected chi connectivity index (χ2v) is 3.75. The van der Waals surface area contributed by atoms with Crippen molar-refractivity contribution >= 4 is 5.97 Å². The Labute approximate surface area is 99.9 Å². The van der Waals surface area contributed by atoms with E-state index >= 15 is 0 Å². The highest BCUT2D eigenvalue weighted by atomic mass is 16.6. The van der Waals surface area contributed by atoms with E-state index in [9.17, 15) is 4.79 Å². The van der Waals surface area contributed by atoms with Crippen LogP contribution in [0.25, 0.3) is 0 Å². The van der Waals surface area contributed by atoms with E-state index in [1.54, 1.807) is 6.20 Å². The lowest BCUT2D eigenvalue weighted by Gasteiger charge is -2.07. The summed E-state index contributed by atoms with van der Waals surface area (Å²) in [5.74, 6) is -0.370. The van der Waals surface area contributed by atoms with Gasteiger partial charge in [0.05, 0.1) is 24.6 Å². The smallest absolute Gasteiger partial charge is 0.327 e. The van der Waals surface area contributed by atoms with Gasteiger partial charge in [-0.05, 0) is 13.8 Å². The SMILES string of the molecule is CC(C)OCCOC(=O)Cn1cc(CN)nn1. The van der Waals surface area contributed by atoms with Crippen LogP contribution in [0.5, 0.6) is 0 Å². The molecule has 1 aromatic heterocycles. The van der Waals surface area contributed by atoms with Crippen molar-refractivity contribution in [3.05, 3.63) is 11.9 Å². The molecule has 0 saturated heterocycles. The quantitative estimate of drug-likeness (QED) is 0.521. The molecular formula is C10H18N4O3. The molecule has 0 saturated carbocycles. The van der Waals surface area contributed by atoms with E-state index in [1.807, 2.05) is 13.8 Å². The first kappa shape index (κ1) is 13.6. The summed E-state index contributed by atoms with van der Waals surface area (Å²) < 4.78 is 11.6. The molecule has 0 aliphatic carbocycles. The van der Waals surface area contributed by atoms with Gasteiger partial charge in [-0.3, -0.25) is 4.79 Å². The van der Waals surface area contributed by atoms with Crippen molar-refractivity contribution in [2.24, 2.45) is 5.73 Å². The fraction of sp³-hybridized carbons (Fsp3) is 0.700. The molecule has 0 spiro atoms. The molecule has 1 heterocycles. The van der Waals surface area contributed by atoms with Gasteiger partial charge in [-0.15, -0.1) is 5.10 Å². The predicted octanol–water partition coefficient (Wildman–Crippen LogP) is -0.295. The standard InChI is InChI=1S/C10H18N4O3/c1-8(2)16-3-4-17-10(15)7-14-6-9(5-11)12-13-14/h6,8H,3-5,7,11H2,1-2H3. The molecule has 1 rings (SSSR count). The summed E-state index contributed by atoms with van der Waals surface area (Å²) in [6, 6.07) is 0. The van der Waals surface area contributed by atoms with Crippen molar-refractivity contribution in [3.8, 4) is 0 Å². The summed E-state index contributed by atoms with van der Waals surface area (Å²) in [6.45, 7) is 4.83. The molecule has 0 amide bonds. The normalized spacial score (nSPS) is 10.8. The molecule has 7 heteroatoms. The van der Waals surface area contributed by atoms with Crippen LogP contribution in [0.4, 0.5) is 0 Å². The number of nitrogens with zero attached hydrogens (tertiary/aromatic N) is 3. The average molecular weight is 242 g/mol. The first-order valence-electron chi connectivity index (χ1n) is 5.48. The maximum Gasteiger partial charge on any atom is 0.327 e. The largest absolute Gasteiger partial charge is 0.462 e. The van der Waals surface area contributed by atoms with Gasteiger partial charge in [0, 0.05) is 6.54 Å². The van der Waals surface area contributed by atoms with Gasteiger partial charge in [0.25, 0.3) is 0 Å². The Hall–Kier alpha value is -1.47. The highest BCUT2D eigenvalue weighted by Crippen LogP contribution is 1.93. The van der Waals surface area contributed by atoms with E-state index in [0.29, 0.717) is 18.8 Å². The van der Waals surface area contributed by atoms with Crippen molar-refractivity contribution in [2.45, 2.75) is 33.0 Å². The van der Waals surface area contributed by atoms with Crippen molar-refractivity contribution in [2.75, 3.05) is 13.2 Å². The zero-order valence-electron chi connectivity index (χ0n) is 10.1. The average Bonchev–Trinajstić information content (AvgIpc) is 2.72. The lowest BCUT2D eigenvalue weighted by Crippen LogP contribution is -2.18. The highest BCUT2D eigenvalue weighted by molar-refractivity contribution is 5.68. The number of aromatic nitrogens is 3. The number of rotatable bonds is 7. The van der Waals surface area contributed by atoms with Gasteiger partial charge >= 0.3 is 5.97 Å². The highest BCUT2D eigenvalue weighted by Gasteiger charge is 2.06. The molecule has 2 N–H and O–H groups in total. The van der Waals surface area contributed by atoms with Crippen LogP contribution >= 0.6 is 0 Å². The minimum absolute atomic E-state index is 0.0364. The van der Waals surface area contributed by atoms with Crippen molar-refractivity contribution in [1.82, 2.24) is 15.0 Å². The number of ether oxygens (including phenoxy) is 2. The van der Waals surface area contributed by atoms with Crippen LogP contribution < -0.4 is 5.73 Å². The van der Waals surface area contributed by atoms with Crippen molar-refractivity contribution < 1.29 is 14.3 Å². The second-order valence-electron chi connectivity index (χ2n) is 3.75. The molecule has 0 bridgehead atoms. The predicted molar refractivity (Wildman–Crippen MR) is 60.0 cm³/mol. The van der Waals surface area contributed by atoms with Gasteiger partial charge in [-0.25, -0.2) is 4.68 Å². The van der Waals surface area contributed by atoms with Gasteiger partial charge in [0.1, 0.15) is 13.2 Å². The molecule has 0 fully saturated rings. The Morgan fingerprint density at radius 3 is 2.88 bits per heavy atom. The minimum Gasteiger partial charge on any atom is -0.462 e. The van der Waals surface area contributed by atoms with Crippen molar-refractivity contribution in [1.29, 1.82) is 0 Å². The molecule has 0 aromatic carbocycles. The Kier molecular flexibility index (Phi) is 5.58. The molecule has 17 heavy (non-hydrogen) atoms. The van der Waals surface area contributed by atoms with Gasteiger partial charge in [0.15, 0.2) is 0 Å². The number of nitrogens with two attached hydrogens (primary N) is 1. The lowest BCUT2D eigenvalue weighted by molar-refractivity contribution is -0.146. The van der Waals surface area contributed by atoms with Crippen LogP contribution in [0.3, 0.4) is 0 Å². The first-order valence-corrected chi connectivity index (χ1v) is 5.48. The fourth-order valence-corrected chi connectivity index (χ4v) is 1.13. The van der Waals surface area contributed by atoms with Gasteiger partial charge in [0.2, 0.25) is 0 Å². The van der Waals surface area contributed by atoms with Crippen LogP contribution in [-0.2, 0) is 27.4 Å². The zero-order valence-corrected chi connectivity index (χ0v) is 10.1. The third-order valence-corrected chi connectivity index (χ3v) is 1.88. The summed E-state index contributed by atoms with van der Waals surface area (Å²) in [7, 11) is 0. The van der Waals surface area contributed by atoms with Crippen LogP contribution in [0, 0.1) is 0 Å². The minimum atomic E-state index is -0.370. The Balaban J connectivity index is 2.20. The fourth-order valence-electron chi connectivity index (χ4n) is 1.13. The van der Waals surface area contributed by atoms with Gasteiger partial charge < -0.3 is 15.2 Å². The molecule has 0 unspecified atom stereocenters. The van der Waals surface area contributed by atoms with E-state index in [-0.39, 0.29) is 25.2 Å². The van der Waals surface area contributed by atoms with Crippen LogP contribution in [0.1, 0.15) is 19.5 Å². The zero-order chi connectivity index (χ0) is 12.7. The maximum absolute atomic E-state index is 11.4. The van der Waals surface area contributed by atoms with Crippen LogP contribution in [-0.4, -0.2) is 40.3 Å². The van der Waals surface area contributed by atoms with E-state index in [2.05, 4.69) is 10.3 Å². The number of esters is 1. The van der Waals surface area contributed by atoms with Crippen LogP contribution in [0.2, 0.25) is 0 Å². The summed E-state index contributed by atoms with van der Waals surface area (Å²) in [5, 5.41) is 7.50. The maximum atomic E-state index is 11.4. The second kappa shape index (κ2) is 6.97. The first-order chi connectivity index (χ1) is 8.11. The number of carbonyl (C=O) groups excluding carboxylic acids is 1. The third-order valence-electron chi connectivity index (χ3n) is 1.88. The Morgan fingerprint density at radius 1 is 1.53 bits per heavy atom. The van der Waals surface area contributed by atoms with Gasteiger partial charge in [-0.1, -0.05) is 5.21 Å². The van der Waals surface area contributed by atoms with Crippen LogP contribution in [0.15, 0.2) is 6.20 Å². The summed E-state index contributed by atoms with van der Waals surface area (Å²) in [5.41, 5.74) is 6.01. The van der Waals surface area contributed by atoms with E-state index in [1.165, 1.54) is 4.68 Å². The molecular weight excluding hydrogens is 224 g/mol. The van der Waals surface area contributed by atoms with E-state index in [0.717, 1.165) is 0 Å². The van der Waals surface area contributed by atoms with E-state index in [4.69, 9.17) is 15.2 Å². The molecule has 96 valence electrons. The van der Waals surface area contributed by atoms with E-state index < -0.39 is 0 Å². The molecule has 7 nitrogen and oxygen atoms in total. The third kappa shape index (κ3) is 5.41. The lowest BCUT2D eigenvalue weighted by atomic mass is 10.5. The topological polar surface area (TPSA) is 92.3 Å². The molecule has 1 aromatic rings. The molecule has 0 radical (unpaired) electrons. The van der Waals surface area contributed by atoms with Crippen molar-refractivity contribution in [3.63, 3.8) is 0 Å². The Bertz CT molecular complexity index is 351. The summed E-state index contributed by atoms with van der Waals surface area (Å²) in [4.78, 5) is 11.4. The number of hydrogen-bond acceptors (Lipinski definition) is 6. The summed E-state index contributed by atoms with van der Waals surface area (Å²) >= 11 is 0. The molecule has 0 atom stereocenters. The summed E-state index contributed by atoms with van der Waals surface area (Å²) in [6.07, 6.45) is 1.75. The Morgan fingerprint density at radius 2 is 2.29 bits per heavy atom. The monoisotopic (exact) mass is 242 g/mol. The number of hydrogen-bond donors (Lipinski definition) is 1. The molecule has 0 aliphatic heterocycles.